The lowest BCUT2D eigenvalue weighted by Gasteiger charge is -2.23. The van der Waals surface area contributed by atoms with Crippen LogP contribution in [0.1, 0.15) is 20.3 Å². The molecule has 5 nitrogen and oxygen atoms in total. The maximum Gasteiger partial charge on any atom is 0.293 e. The molecule has 0 aliphatic rings. The van der Waals surface area contributed by atoms with Crippen LogP contribution in [0.2, 0.25) is 0 Å². The zero-order chi connectivity index (χ0) is 15.4. The largest absolute Gasteiger partial charge is 0.369 e. The molecule has 0 aliphatic heterocycles. The van der Waals surface area contributed by atoms with Crippen molar-refractivity contribution in [1.29, 1.82) is 0 Å². The van der Waals surface area contributed by atoms with E-state index in [4.69, 9.17) is 5.73 Å². The van der Waals surface area contributed by atoms with Gasteiger partial charge < -0.3 is 10.6 Å². The molecule has 7 heteroatoms. The molecule has 1 atom stereocenters. The van der Waals surface area contributed by atoms with Crippen LogP contribution >= 0.6 is 15.9 Å². The van der Waals surface area contributed by atoms with E-state index in [0.29, 0.717) is 18.9 Å². The van der Waals surface area contributed by atoms with Crippen LogP contribution in [0.5, 0.6) is 0 Å². The third-order valence-electron chi connectivity index (χ3n) is 3.28. The van der Waals surface area contributed by atoms with Crippen molar-refractivity contribution in [2.24, 2.45) is 11.7 Å². The second-order valence-electron chi connectivity index (χ2n) is 5.13. The van der Waals surface area contributed by atoms with Gasteiger partial charge in [0.1, 0.15) is 11.5 Å². The monoisotopic (exact) mass is 347 g/mol. The van der Waals surface area contributed by atoms with E-state index in [9.17, 15) is 14.5 Å². The summed E-state index contributed by atoms with van der Waals surface area (Å²) < 4.78 is 13.7. The molecule has 1 aromatic rings. The van der Waals surface area contributed by atoms with E-state index in [1.54, 1.807) is 11.9 Å². The molecule has 0 amide bonds. The number of nitrogens with two attached hydrogens (primary N) is 1. The van der Waals surface area contributed by atoms with E-state index in [-0.39, 0.29) is 21.9 Å². The van der Waals surface area contributed by atoms with Gasteiger partial charge >= 0.3 is 0 Å². The first kappa shape index (κ1) is 16.8. The molecule has 20 heavy (non-hydrogen) atoms. The van der Waals surface area contributed by atoms with Crippen molar-refractivity contribution >= 4 is 27.3 Å². The van der Waals surface area contributed by atoms with Crippen LogP contribution in [0.3, 0.4) is 0 Å². The molecule has 1 rings (SSSR count). The molecule has 0 fully saturated rings. The van der Waals surface area contributed by atoms with Crippen molar-refractivity contribution in [1.82, 2.24) is 0 Å². The Kier molecular flexibility index (Phi) is 5.88. The van der Waals surface area contributed by atoms with Gasteiger partial charge in [-0.1, -0.05) is 13.8 Å². The number of halogens is 2. The number of nitro groups is 1. The topological polar surface area (TPSA) is 72.4 Å². The second-order valence-corrected chi connectivity index (χ2v) is 5.98. The van der Waals surface area contributed by atoms with Crippen molar-refractivity contribution in [3.63, 3.8) is 0 Å². The van der Waals surface area contributed by atoms with Crippen molar-refractivity contribution in [2.45, 2.75) is 26.3 Å². The van der Waals surface area contributed by atoms with Crippen molar-refractivity contribution < 1.29 is 9.31 Å². The minimum Gasteiger partial charge on any atom is -0.369 e. The van der Waals surface area contributed by atoms with Crippen molar-refractivity contribution in [3.8, 4) is 0 Å². The fourth-order valence-corrected chi connectivity index (χ4v) is 2.11. The lowest BCUT2D eigenvalue weighted by Crippen LogP contribution is -2.32. The molecule has 0 aromatic heterocycles. The van der Waals surface area contributed by atoms with Gasteiger partial charge in [-0.25, -0.2) is 4.39 Å². The third-order valence-corrected chi connectivity index (χ3v) is 3.89. The molecule has 0 heterocycles. The van der Waals surface area contributed by atoms with Gasteiger partial charge in [0.25, 0.3) is 5.69 Å². The van der Waals surface area contributed by atoms with Crippen LogP contribution in [0.25, 0.3) is 0 Å². The Morgan fingerprint density at radius 1 is 1.50 bits per heavy atom. The zero-order valence-electron chi connectivity index (χ0n) is 11.8. The maximum atomic E-state index is 13.6. The van der Waals surface area contributed by atoms with Crippen molar-refractivity contribution in [2.75, 3.05) is 18.5 Å². The predicted octanol–water partition coefficient (Wildman–Crippen LogP) is 3.31. The summed E-state index contributed by atoms with van der Waals surface area (Å²) in [5.74, 6) is -0.189. The SMILES string of the molecule is CC(C)C(N)CCN(C)c1cc(F)c(Br)cc1[N+](=O)[O-]. The number of nitro benzene ring substituents is 1. The molecule has 0 saturated carbocycles. The summed E-state index contributed by atoms with van der Waals surface area (Å²) in [5.41, 5.74) is 6.08. The van der Waals surface area contributed by atoms with Gasteiger partial charge in [0.2, 0.25) is 0 Å². The molecular weight excluding hydrogens is 329 g/mol. The van der Waals surface area contributed by atoms with Gasteiger partial charge in [-0.05, 0) is 28.3 Å². The van der Waals surface area contributed by atoms with E-state index in [1.165, 1.54) is 12.1 Å². The lowest BCUT2D eigenvalue weighted by molar-refractivity contribution is -0.384. The van der Waals surface area contributed by atoms with Crippen LogP contribution in [0, 0.1) is 21.8 Å². The van der Waals surface area contributed by atoms with E-state index in [0.717, 1.165) is 0 Å². The van der Waals surface area contributed by atoms with Crippen LogP contribution in [-0.4, -0.2) is 24.6 Å². The van der Waals surface area contributed by atoms with E-state index < -0.39 is 10.7 Å². The third kappa shape index (κ3) is 4.14. The van der Waals surface area contributed by atoms with Crippen LogP contribution in [0.4, 0.5) is 15.8 Å². The Labute approximate surface area is 126 Å². The number of anilines is 1. The Bertz CT molecular complexity index is 497. The average Bonchev–Trinajstić information content (AvgIpc) is 2.37. The maximum absolute atomic E-state index is 13.6. The van der Waals surface area contributed by atoms with Gasteiger partial charge in [0.15, 0.2) is 0 Å². The first-order chi connectivity index (χ1) is 9.23. The smallest absolute Gasteiger partial charge is 0.293 e. The number of hydrogen-bond donors (Lipinski definition) is 1. The highest BCUT2D eigenvalue weighted by Crippen LogP contribution is 2.32. The minimum atomic E-state index is -0.523. The molecule has 1 aromatic carbocycles. The van der Waals surface area contributed by atoms with E-state index in [2.05, 4.69) is 15.9 Å². The van der Waals surface area contributed by atoms with Gasteiger partial charge in [-0.3, -0.25) is 10.1 Å². The summed E-state index contributed by atoms with van der Waals surface area (Å²) in [6.45, 7) is 4.57. The number of benzene rings is 1. The highest BCUT2D eigenvalue weighted by atomic mass is 79.9. The Morgan fingerprint density at radius 3 is 2.60 bits per heavy atom. The second kappa shape index (κ2) is 6.99. The molecule has 0 bridgehead atoms. The highest BCUT2D eigenvalue weighted by Gasteiger charge is 2.21. The fraction of sp³-hybridized carbons (Fsp3) is 0.538. The molecule has 0 spiro atoms. The molecule has 1 unspecified atom stereocenters. The lowest BCUT2D eigenvalue weighted by atomic mass is 10.0. The Morgan fingerprint density at radius 2 is 2.10 bits per heavy atom. The van der Waals surface area contributed by atoms with E-state index in [1.807, 2.05) is 13.8 Å². The molecule has 112 valence electrons. The number of rotatable bonds is 6. The van der Waals surface area contributed by atoms with Gasteiger partial charge in [-0.2, -0.15) is 0 Å². The predicted molar refractivity (Wildman–Crippen MR) is 81.5 cm³/mol. The zero-order valence-corrected chi connectivity index (χ0v) is 13.4. The van der Waals surface area contributed by atoms with Gasteiger partial charge in [-0.15, -0.1) is 0 Å². The number of hydrogen-bond acceptors (Lipinski definition) is 4. The molecule has 0 aliphatic carbocycles. The number of nitrogens with zero attached hydrogens (tertiary/aromatic N) is 2. The standard InChI is InChI=1S/C13H19BrFN3O2/c1-8(2)11(16)4-5-17(3)12-7-10(15)9(14)6-13(12)18(19)20/h6-8,11H,4-5,16H2,1-3H3. The Balaban J connectivity index is 2.94. The van der Waals surface area contributed by atoms with Crippen molar-refractivity contribution in [3.05, 3.63) is 32.5 Å². The molecule has 0 radical (unpaired) electrons. The first-order valence-corrected chi connectivity index (χ1v) is 7.13. The summed E-state index contributed by atoms with van der Waals surface area (Å²) >= 11 is 2.96. The normalized spacial score (nSPS) is 12.6. The van der Waals surface area contributed by atoms with Gasteiger partial charge in [0, 0.05) is 31.8 Å². The molecular formula is C13H19BrFN3O2. The van der Waals surface area contributed by atoms with Crippen LogP contribution in [-0.2, 0) is 0 Å². The molecule has 2 N–H and O–H groups in total. The summed E-state index contributed by atoms with van der Waals surface area (Å²) in [5, 5.41) is 11.0. The summed E-state index contributed by atoms with van der Waals surface area (Å²) in [7, 11) is 1.70. The summed E-state index contributed by atoms with van der Waals surface area (Å²) in [6.07, 6.45) is 0.684. The minimum absolute atomic E-state index is 0.0109. The Hall–Kier alpha value is -1.21. The van der Waals surface area contributed by atoms with Crippen LogP contribution in [0.15, 0.2) is 16.6 Å². The fourth-order valence-electron chi connectivity index (χ4n) is 1.77. The highest BCUT2D eigenvalue weighted by molar-refractivity contribution is 9.10. The van der Waals surface area contributed by atoms with E-state index >= 15 is 0 Å². The van der Waals surface area contributed by atoms with Crippen LogP contribution < -0.4 is 10.6 Å². The van der Waals surface area contributed by atoms with Gasteiger partial charge in [0.05, 0.1) is 9.40 Å². The summed E-state index contributed by atoms with van der Waals surface area (Å²) in [6, 6.07) is 2.36. The first-order valence-electron chi connectivity index (χ1n) is 6.34. The molecule has 0 saturated heterocycles. The summed E-state index contributed by atoms with van der Waals surface area (Å²) in [4.78, 5) is 12.2. The average molecular weight is 348 g/mol. The quantitative estimate of drug-likeness (QED) is 0.632.